The average molecular weight is 225 g/mol. The van der Waals surface area contributed by atoms with Gasteiger partial charge in [0.25, 0.3) is 0 Å². The first-order valence-electron chi connectivity index (χ1n) is 5.89. The quantitative estimate of drug-likeness (QED) is 0.779. The minimum Gasteiger partial charge on any atom is -0.478 e. The molecule has 0 radical (unpaired) electrons. The monoisotopic (exact) mass is 225 g/mol. The predicted molar refractivity (Wildman–Crippen MR) is 67.6 cm³/mol. The first kappa shape index (κ1) is 10.4. The van der Waals surface area contributed by atoms with E-state index in [0.717, 1.165) is 18.8 Å². The van der Waals surface area contributed by atoms with Crippen LogP contribution in [0.5, 0.6) is 5.75 Å². The first-order chi connectivity index (χ1) is 8.42. The lowest BCUT2D eigenvalue weighted by molar-refractivity contribution is 0.0887. The van der Waals surface area contributed by atoms with Crippen LogP contribution in [-0.2, 0) is 13.1 Å². The molecule has 0 fully saturated rings. The number of hydrogen-bond donors (Lipinski definition) is 0. The standard InChI is InChI=1S/C15H15NO/c1-2-6-13(7-3-1)10-16-11-14-8-4-5-9-15(14)17-12-16/h1-9H,10-12H2. The Bertz CT molecular complexity index is 495. The second-order valence-corrected chi connectivity index (χ2v) is 4.35. The zero-order valence-electron chi connectivity index (χ0n) is 9.67. The summed E-state index contributed by atoms with van der Waals surface area (Å²) in [4.78, 5) is 2.30. The summed E-state index contributed by atoms with van der Waals surface area (Å²) in [7, 11) is 0. The smallest absolute Gasteiger partial charge is 0.142 e. The zero-order valence-corrected chi connectivity index (χ0v) is 9.67. The molecular weight excluding hydrogens is 210 g/mol. The van der Waals surface area contributed by atoms with Gasteiger partial charge in [-0.1, -0.05) is 48.5 Å². The second-order valence-electron chi connectivity index (χ2n) is 4.35. The van der Waals surface area contributed by atoms with Crippen molar-refractivity contribution in [3.63, 3.8) is 0 Å². The molecule has 2 aromatic rings. The van der Waals surface area contributed by atoms with E-state index in [-0.39, 0.29) is 0 Å². The van der Waals surface area contributed by atoms with Gasteiger partial charge in [0, 0.05) is 18.7 Å². The molecule has 1 heterocycles. The Hall–Kier alpha value is -1.80. The van der Waals surface area contributed by atoms with Gasteiger partial charge in [0.1, 0.15) is 12.5 Å². The SMILES string of the molecule is c1ccc(CN2COc3ccccc3C2)cc1. The van der Waals surface area contributed by atoms with Gasteiger partial charge >= 0.3 is 0 Å². The molecule has 0 atom stereocenters. The fraction of sp³-hybridized carbons (Fsp3) is 0.200. The summed E-state index contributed by atoms with van der Waals surface area (Å²) in [5.74, 6) is 1.02. The maximum Gasteiger partial charge on any atom is 0.142 e. The van der Waals surface area contributed by atoms with Crippen LogP contribution < -0.4 is 4.74 Å². The molecule has 0 saturated heterocycles. The van der Waals surface area contributed by atoms with Crippen LogP contribution in [0, 0.1) is 0 Å². The molecule has 0 unspecified atom stereocenters. The fourth-order valence-electron chi connectivity index (χ4n) is 2.17. The molecule has 0 aromatic heterocycles. The molecule has 0 saturated carbocycles. The van der Waals surface area contributed by atoms with Gasteiger partial charge in [-0.2, -0.15) is 0 Å². The molecule has 17 heavy (non-hydrogen) atoms. The van der Waals surface area contributed by atoms with E-state index in [1.807, 2.05) is 18.2 Å². The lowest BCUT2D eigenvalue weighted by atomic mass is 10.1. The van der Waals surface area contributed by atoms with Crippen molar-refractivity contribution < 1.29 is 4.74 Å². The van der Waals surface area contributed by atoms with Crippen molar-refractivity contribution in [2.24, 2.45) is 0 Å². The molecule has 0 aliphatic carbocycles. The van der Waals surface area contributed by atoms with Crippen LogP contribution in [0.15, 0.2) is 54.6 Å². The fourth-order valence-corrected chi connectivity index (χ4v) is 2.17. The highest BCUT2D eigenvalue weighted by atomic mass is 16.5. The van der Waals surface area contributed by atoms with Crippen LogP contribution in [0.4, 0.5) is 0 Å². The summed E-state index contributed by atoms with van der Waals surface area (Å²) in [5.41, 5.74) is 2.60. The van der Waals surface area contributed by atoms with Crippen molar-refractivity contribution in [3.05, 3.63) is 65.7 Å². The lowest BCUT2D eigenvalue weighted by Crippen LogP contribution is -2.31. The molecule has 2 heteroatoms. The molecular formula is C15H15NO. The van der Waals surface area contributed by atoms with Crippen molar-refractivity contribution in [1.82, 2.24) is 4.90 Å². The van der Waals surface area contributed by atoms with Crippen molar-refractivity contribution in [3.8, 4) is 5.75 Å². The highest BCUT2D eigenvalue weighted by Crippen LogP contribution is 2.24. The maximum absolute atomic E-state index is 5.73. The van der Waals surface area contributed by atoms with Crippen molar-refractivity contribution in [2.45, 2.75) is 13.1 Å². The summed E-state index contributed by atoms with van der Waals surface area (Å²) >= 11 is 0. The Morgan fingerprint density at radius 3 is 2.59 bits per heavy atom. The van der Waals surface area contributed by atoms with Gasteiger partial charge in [-0.15, -0.1) is 0 Å². The summed E-state index contributed by atoms with van der Waals surface area (Å²) in [6.07, 6.45) is 0. The average Bonchev–Trinajstić information content (AvgIpc) is 2.40. The van der Waals surface area contributed by atoms with Crippen molar-refractivity contribution in [1.29, 1.82) is 0 Å². The first-order valence-corrected chi connectivity index (χ1v) is 5.89. The van der Waals surface area contributed by atoms with Gasteiger partial charge in [0.05, 0.1) is 0 Å². The summed E-state index contributed by atoms with van der Waals surface area (Å²) < 4.78 is 5.73. The Labute approximate surface area is 101 Å². The van der Waals surface area contributed by atoms with Crippen LogP contribution in [0.25, 0.3) is 0 Å². The van der Waals surface area contributed by atoms with Crippen LogP contribution in [-0.4, -0.2) is 11.6 Å². The van der Waals surface area contributed by atoms with E-state index in [4.69, 9.17) is 4.74 Å². The Morgan fingerprint density at radius 1 is 0.941 bits per heavy atom. The molecule has 0 N–H and O–H groups in total. The molecule has 2 nitrogen and oxygen atoms in total. The van der Waals surface area contributed by atoms with E-state index < -0.39 is 0 Å². The van der Waals surface area contributed by atoms with Crippen LogP contribution in [0.1, 0.15) is 11.1 Å². The van der Waals surface area contributed by atoms with E-state index in [1.165, 1.54) is 11.1 Å². The molecule has 0 bridgehead atoms. The minimum absolute atomic E-state index is 0.673. The normalized spacial score (nSPS) is 15.1. The molecule has 3 rings (SSSR count). The lowest BCUT2D eigenvalue weighted by Gasteiger charge is -2.28. The predicted octanol–water partition coefficient (Wildman–Crippen LogP) is 3.04. The van der Waals surface area contributed by atoms with Gasteiger partial charge in [0.15, 0.2) is 0 Å². The summed E-state index contributed by atoms with van der Waals surface area (Å²) in [6, 6.07) is 18.8. The highest BCUT2D eigenvalue weighted by Gasteiger charge is 2.16. The van der Waals surface area contributed by atoms with Crippen LogP contribution >= 0.6 is 0 Å². The highest BCUT2D eigenvalue weighted by molar-refractivity contribution is 5.34. The van der Waals surface area contributed by atoms with E-state index >= 15 is 0 Å². The molecule has 0 spiro atoms. The third-order valence-electron chi connectivity index (χ3n) is 3.02. The van der Waals surface area contributed by atoms with Gasteiger partial charge in [-0.05, 0) is 11.6 Å². The molecule has 1 aliphatic rings. The van der Waals surface area contributed by atoms with E-state index in [1.54, 1.807) is 0 Å². The van der Waals surface area contributed by atoms with Gasteiger partial charge in [-0.25, -0.2) is 0 Å². The summed E-state index contributed by atoms with van der Waals surface area (Å²) in [6.45, 7) is 2.58. The number of para-hydroxylation sites is 1. The third-order valence-corrected chi connectivity index (χ3v) is 3.02. The van der Waals surface area contributed by atoms with Crippen LogP contribution in [0.3, 0.4) is 0 Å². The van der Waals surface area contributed by atoms with Gasteiger partial charge < -0.3 is 4.74 Å². The number of rotatable bonds is 2. The second kappa shape index (κ2) is 4.60. The molecule has 86 valence electrons. The van der Waals surface area contributed by atoms with E-state index in [9.17, 15) is 0 Å². The van der Waals surface area contributed by atoms with E-state index in [0.29, 0.717) is 6.73 Å². The van der Waals surface area contributed by atoms with Crippen LogP contribution in [0.2, 0.25) is 0 Å². The number of fused-ring (bicyclic) bond motifs is 1. The Morgan fingerprint density at radius 2 is 1.71 bits per heavy atom. The number of nitrogens with zero attached hydrogens (tertiary/aromatic N) is 1. The van der Waals surface area contributed by atoms with Crippen molar-refractivity contribution >= 4 is 0 Å². The van der Waals surface area contributed by atoms with E-state index in [2.05, 4.69) is 41.3 Å². The Kier molecular flexibility index (Phi) is 2.80. The number of benzene rings is 2. The zero-order chi connectivity index (χ0) is 11.5. The number of hydrogen-bond acceptors (Lipinski definition) is 2. The number of ether oxygens (including phenoxy) is 1. The van der Waals surface area contributed by atoms with Gasteiger partial charge in [-0.3, -0.25) is 4.90 Å². The molecule has 2 aromatic carbocycles. The summed E-state index contributed by atoms with van der Waals surface area (Å²) in [5, 5.41) is 0. The topological polar surface area (TPSA) is 12.5 Å². The third kappa shape index (κ3) is 2.32. The maximum atomic E-state index is 5.73. The van der Waals surface area contributed by atoms with Crippen molar-refractivity contribution in [2.75, 3.05) is 6.73 Å². The molecule has 0 amide bonds. The van der Waals surface area contributed by atoms with Gasteiger partial charge in [0.2, 0.25) is 0 Å². The minimum atomic E-state index is 0.673. The Balaban J connectivity index is 1.72. The largest absolute Gasteiger partial charge is 0.478 e. The molecule has 1 aliphatic heterocycles.